The van der Waals surface area contributed by atoms with E-state index in [-0.39, 0.29) is 5.91 Å². The molecule has 0 spiro atoms. The van der Waals surface area contributed by atoms with Gasteiger partial charge >= 0.3 is 0 Å². The second kappa shape index (κ2) is 4.53. The van der Waals surface area contributed by atoms with Gasteiger partial charge in [0.15, 0.2) is 0 Å². The van der Waals surface area contributed by atoms with Crippen molar-refractivity contribution in [2.75, 3.05) is 25.0 Å². The van der Waals surface area contributed by atoms with E-state index in [9.17, 15) is 4.79 Å². The van der Waals surface area contributed by atoms with Crippen LogP contribution < -0.4 is 16.0 Å². The van der Waals surface area contributed by atoms with Crippen molar-refractivity contribution in [2.24, 2.45) is 5.73 Å². The van der Waals surface area contributed by atoms with Crippen LogP contribution >= 0.6 is 0 Å². The Balaban J connectivity index is 2.27. The van der Waals surface area contributed by atoms with Crippen LogP contribution in [0.15, 0.2) is 24.3 Å². The van der Waals surface area contributed by atoms with Crippen LogP contribution in [0.3, 0.4) is 0 Å². The van der Waals surface area contributed by atoms with Crippen molar-refractivity contribution in [1.82, 2.24) is 5.32 Å². The standard InChI is InChI=1S/C12H17N3O/c1-15(9-6-7-14-8-9)11-5-3-2-4-10(11)12(13)16/h2-5,9,14H,6-8H2,1H3,(H2,13,16). The molecule has 0 radical (unpaired) electrons. The molecular formula is C12H17N3O. The van der Waals surface area contributed by atoms with E-state index >= 15 is 0 Å². The van der Waals surface area contributed by atoms with Gasteiger partial charge in [-0.2, -0.15) is 0 Å². The molecule has 2 rings (SSSR count). The summed E-state index contributed by atoms with van der Waals surface area (Å²) in [7, 11) is 2.01. The maximum absolute atomic E-state index is 11.3. The molecule has 4 heteroatoms. The lowest BCUT2D eigenvalue weighted by atomic mass is 10.1. The van der Waals surface area contributed by atoms with Crippen molar-refractivity contribution in [2.45, 2.75) is 12.5 Å². The molecule has 1 aromatic carbocycles. The number of rotatable bonds is 3. The maximum Gasteiger partial charge on any atom is 0.250 e. The number of nitrogens with zero attached hydrogens (tertiary/aromatic N) is 1. The summed E-state index contributed by atoms with van der Waals surface area (Å²) in [6.45, 7) is 2.00. The van der Waals surface area contributed by atoms with Crippen LogP contribution in [0.25, 0.3) is 0 Å². The highest BCUT2D eigenvalue weighted by Gasteiger charge is 2.21. The minimum atomic E-state index is -0.367. The molecule has 3 N–H and O–H groups in total. The van der Waals surface area contributed by atoms with Gasteiger partial charge < -0.3 is 16.0 Å². The van der Waals surface area contributed by atoms with E-state index in [0.717, 1.165) is 25.2 Å². The molecule has 0 saturated carbocycles. The van der Waals surface area contributed by atoms with E-state index in [1.165, 1.54) is 0 Å². The molecule has 4 nitrogen and oxygen atoms in total. The van der Waals surface area contributed by atoms with Crippen LogP contribution in [0.4, 0.5) is 5.69 Å². The Morgan fingerprint density at radius 1 is 1.50 bits per heavy atom. The Bertz CT molecular complexity index is 386. The van der Waals surface area contributed by atoms with Gasteiger partial charge in [0, 0.05) is 25.3 Å². The van der Waals surface area contributed by atoms with Gasteiger partial charge in [-0.05, 0) is 25.1 Å². The molecule has 1 aliphatic rings. The second-order valence-electron chi connectivity index (χ2n) is 4.14. The number of amides is 1. The normalized spacial score (nSPS) is 19.7. The number of anilines is 1. The molecule has 1 aromatic rings. The van der Waals surface area contributed by atoms with Gasteiger partial charge in [-0.1, -0.05) is 12.1 Å². The van der Waals surface area contributed by atoms with Gasteiger partial charge in [0.2, 0.25) is 0 Å². The van der Waals surface area contributed by atoms with E-state index in [0.29, 0.717) is 11.6 Å². The number of para-hydroxylation sites is 1. The van der Waals surface area contributed by atoms with Crippen LogP contribution in [-0.4, -0.2) is 32.1 Å². The van der Waals surface area contributed by atoms with Crippen LogP contribution in [0.2, 0.25) is 0 Å². The largest absolute Gasteiger partial charge is 0.370 e. The minimum absolute atomic E-state index is 0.367. The van der Waals surface area contributed by atoms with Gasteiger partial charge in [-0.25, -0.2) is 0 Å². The third kappa shape index (κ3) is 2.02. The van der Waals surface area contributed by atoms with Crippen LogP contribution in [-0.2, 0) is 0 Å². The number of nitrogens with two attached hydrogens (primary N) is 1. The van der Waals surface area contributed by atoms with Crippen molar-refractivity contribution in [3.63, 3.8) is 0 Å². The van der Waals surface area contributed by atoms with E-state index < -0.39 is 0 Å². The quantitative estimate of drug-likeness (QED) is 0.782. The second-order valence-corrected chi connectivity index (χ2v) is 4.14. The SMILES string of the molecule is CN(c1ccccc1C(N)=O)C1CCNC1. The summed E-state index contributed by atoms with van der Waals surface area (Å²) >= 11 is 0. The van der Waals surface area contributed by atoms with Gasteiger partial charge in [0.25, 0.3) is 5.91 Å². The monoisotopic (exact) mass is 219 g/mol. The predicted octanol–water partition coefficient (Wildman–Crippen LogP) is 0.584. The van der Waals surface area contributed by atoms with Gasteiger partial charge in [-0.15, -0.1) is 0 Å². The molecule has 0 bridgehead atoms. The summed E-state index contributed by atoms with van der Waals surface area (Å²) in [5.74, 6) is -0.367. The zero-order valence-corrected chi connectivity index (χ0v) is 9.44. The maximum atomic E-state index is 11.3. The van der Waals surface area contributed by atoms with E-state index in [1.807, 2.05) is 25.2 Å². The van der Waals surface area contributed by atoms with Gasteiger partial charge in [-0.3, -0.25) is 4.79 Å². The molecule has 86 valence electrons. The van der Waals surface area contributed by atoms with Crippen LogP contribution in [0.1, 0.15) is 16.8 Å². The Hall–Kier alpha value is -1.55. The molecule has 1 heterocycles. The third-order valence-corrected chi connectivity index (χ3v) is 3.13. The van der Waals surface area contributed by atoms with Crippen LogP contribution in [0.5, 0.6) is 0 Å². The molecule has 1 unspecified atom stereocenters. The number of benzene rings is 1. The summed E-state index contributed by atoms with van der Waals surface area (Å²) in [6, 6.07) is 7.93. The minimum Gasteiger partial charge on any atom is -0.370 e. The number of nitrogens with one attached hydrogen (secondary N) is 1. The summed E-state index contributed by atoms with van der Waals surface area (Å²) in [5.41, 5.74) is 6.88. The highest BCUT2D eigenvalue weighted by Crippen LogP contribution is 2.22. The van der Waals surface area contributed by atoms with Crippen molar-refractivity contribution in [3.05, 3.63) is 29.8 Å². The molecule has 1 amide bonds. The Labute approximate surface area is 95.4 Å². The molecule has 1 fully saturated rings. The fraction of sp³-hybridized carbons (Fsp3) is 0.417. The first kappa shape index (κ1) is 11.0. The number of likely N-dealkylation sites (N-methyl/N-ethyl adjacent to an activating group) is 1. The third-order valence-electron chi connectivity index (χ3n) is 3.13. The van der Waals surface area contributed by atoms with Crippen molar-refractivity contribution < 1.29 is 4.79 Å². The van der Waals surface area contributed by atoms with Gasteiger partial charge in [0.1, 0.15) is 0 Å². The van der Waals surface area contributed by atoms with Crippen molar-refractivity contribution in [1.29, 1.82) is 0 Å². The molecule has 1 saturated heterocycles. The first-order valence-electron chi connectivity index (χ1n) is 5.52. The van der Waals surface area contributed by atoms with Gasteiger partial charge in [0.05, 0.1) is 5.56 Å². The van der Waals surface area contributed by atoms with E-state index in [4.69, 9.17) is 5.73 Å². The number of hydrogen-bond acceptors (Lipinski definition) is 3. The Morgan fingerprint density at radius 2 is 2.25 bits per heavy atom. The first-order valence-corrected chi connectivity index (χ1v) is 5.52. The summed E-state index contributed by atoms with van der Waals surface area (Å²) in [4.78, 5) is 13.5. The highest BCUT2D eigenvalue weighted by atomic mass is 16.1. The molecule has 0 aromatic heterocycles. The zero-order valence-electron chi connectivity index (χ0n) is 9.44. The van der Waals surface area contributed by atoms with E-state index in [1.54, 1.807) is 6.07 Å². The first-order chi connectivity index (χ1) is 7.70. The summed E-state index contributed by atoms with van der Waals surface area (Å²) in [5, 5.41) is 3.31. The Kier molecular flexibility index (Phi) is 3.10. The average Bonchev–Trinajstić information content (AvgIpc) is 2.81. The molecule has 16 heavy (non-hydrogen) atoms. The fourth-order valence-electron chi connectivity index (χ4n) is 2.16. The van der Waals surface area contributed by atoms with Crippen molar-refractivity contribution >= 4 is 11.6 Å². The fourth-order valence-corrected chi connectivity index (χ4v) is 2.16. The zero-order chi connectivity index (χ0) is 11.5. The summed E-state index contributed by atoms with van der Waals surface area (Å²) < 4.78 is 0. The molecular weight excluding hydrogens is 202 g/mol. The number of hydrogen-bond donors (Lipinski definition) is 2. The number of primary amides is 1. The van der Waals surface area contributed by atoms with Crippen LogP contribution in [0, 0.1) is 0 Å². The van der Waals surface area contributed by atoms with Crippen molar-refractivity contribution in [3.8, 4) is 0 Å². The highest BCUT2D eigenvalue weighted by molar-refractivity contribution is 5.98. The smallest absolute Gasteiger partial charge is 0.250 e. The molecule has 0 aliphatic carbocycles. The predicted molar refractivity (Wildman–Crippen MR) is 64.6 cm³/mol. The molecule has 1 atom stereocenters. The lowest BCUT2D eigenvalue weighted by Gasteiger charge is -2.27. The van der Waals surface area contributed by atoms with E-state index in [2.05, 4.69) is 10.2 Å². The lowest BCUT2D eigenvalue weighted by molar-refractivity contribution is 0.100. The average molecular weight is 219 g/mol. The lowest BCUT2D eigenvalue weighted by Crippen LogP contribution is -2.34. The summed E-state index contributed by atoms with van der Waals surface area (Å²) in [6.07, 6.45) is 1.10. The Morgan fingerprint density at radius 3 is 2.88 bits per heavy atom. The number of carbonyl (C=O) groups is 1. The topological polar surface area (TPSA) is 58.4 Å². The molecule has 1 aliphatic heterocycles. The number of carbonyl (C=O) groups excluding carboxylic acids is 1.